The first-order valence-electron chi connectivity index (χ1n) is 10.9. The van der Waals surface area contributed by atoms with Crippen molar-refractivity contribution in [2.45, 2.75) is 25.9 Å². The summed E-state index contributed by atoms with van der Waals surface area (Å²) in [5, 5.41) is 3.52. The number of imidazole rings is 1. The molecule has 8 heteroatoms. The van der Waals surface area contributed by atoms with Crippen LogP contribution in [0.3, 0.4) is 0 Å². The van der Waals surface area contributed by atoms with Gasteiger partial charge >= 0.3 is 0 Å². The second-order valence-corrected chi connectivity index (χ2v) is 7.83. The number of halogens is 1. The van der Waals surface area contributed by atoms with Crippen LogP contribution in [-0.2, 0) is 25.9 Å². The molecular weight excluding hydrogens is 529 g/mol. The van der Waals surface area contributed by atoms with Crippen molar-refractivity contribution in [2.75, 3.05) is 34.4 Å². The third kappa shape index (κ3) is 5.98. The number of rotatable bonds is 7. The molecule has 0 aliphatic carbocycles. The number of nitrogens with zero attached hydrogens (tertiary/aromatic N) is 4. The smallest absolute Gasteiger partial charge is 0.193 e. The largest absolute Gasteiger partial charge is 0.493 e. The zero-order valence-corrected chi connectivity index (χ0v) is 21.8. The molecule has 0 fully saturated rings. The molecule has 33 heavy (non-hydrogen) atoms. The van der Waals surface area contributed by atoms with E-state index in [1.165, 1.54) is 16.7 Å². The second-order valence-electron chi connectivity index (χ2n) is 7.83. The summed E-state index contributed by atoms with van der Waals surface area (Å²) < 4.78 is 13.1. The number of ether oxygens (including phenoxy) is 2. The Balaban J connectivity index is 0.00000306. The summed E-state index contributed by atoms with van der Waals surface area (Å²) in [6.07, 6.45) is 5.68. The van der Waals surface area contributed by atoms with Gasteiger partial charge in [-0.05, 0) is 35.2 Å². The Morgan fingerprint density at radius 1 is 1.09 bits per heavy atom. The van der Waals surface area contributed by atoms with Crippen molar-refractivity contribution in [3.05, 3.63) is 77.4 Å². The van der Waals surface area contributed by atoms with Crippen molar-refractivity contribution in [3.8, 4) is 11.5 Å². The molecule has 0 saturated carbocycles. The SMILES string of the molecule is CN=C(NCCc1nccn1Cc1ccccc1)N1CCc2cc(OC)c(OC)cc2C1.I. The highest BCUT2D eigenvalue weighted by Gasteiger charge is 2.21. The van der Waals surface area contributed by atoms with E-state index in [4.69, 9.17) is 9.47 Å². The summed E-state index contributed by atoms with van der Waals surface area (Å²) in [6, 6.07) is 14.6. The molecule has 4 rings (SSSR count). The molecule has 1 aliphatic rings. The summed E-state index contributed by atoms with van der Waals surface area (Å²) in [7, 11) is 5.19. The van der Waals surface area contributed by atoms with Gasteiger partial charge in [-0.2, -0.15) is 0 Å². The number of aliphatic imine (C=N–C) groups is 1. The quantitative estimate of drug-likeness (QED) is 0.271. The van der Waals surface area contributed by atoms with Crippen molar-refractivity contribution in [1.29, 1.82) is 0 Å². The van der Waals surface area contributed by atoms with E-state index in [2.05, 4.69) is 61.2 Å². The van der Waals surface area contributed by atoms with Gasteiger partial charge in [0.2, 0.25) is 0 Å². The Kier molecular flexibility index (Phi) is 8.99. The van der Waals surface area contributed by atoms with Crippen LogP contribution in [0.25, 0.3) is 0 Å². The lowest BCUT2D eigenvalue weighted by Gasteiger charge is -2.32. The topological polar surface area (TPSA) is 63.9 Å². The summed E-state index contributed by atoms with van der Waals surface area (Å²) in [5.74, 6) is 3.53. The first-order valence-corrected chi connectivity index (χ1v) is 10.9. The van der Waals surface area contributed by atoms with Crippen LogP contribution in [0, 0.1) is 0 Å². The van der Waals surface area contributed by atoms with Crippen LogP contribution in [-0.4, -0.2) is 54.8 Å². The van der Waals surface area contributed by atoms with Gasteiger partial charge < -0.3 is 24.3 Å². The van der Waals surface area contributed by atoms with Crippen molar-refractivity contribution in [2.24, 2.45) is 4.99 Å². The van der Waals surface area contributed by atoms with Crippen molar-refractivity contribution in [1.82, 2.24) is 19.8 Å². The van der Waals surface area contributed by atoms with E-state index in [0.717, 1.165) is 62.3 Å². The summed E-state index contributed by atoms with van der Waals surface area (Å²) in [5.41, 5.74) is 3.82. The molecule has 0 radical (unpaired) electrons. The molecule has 1 aliphatic heterocycles. The minimum atomic E-state index is 0. The standard InChI is InChI=1S/C25H31N5O2.HI/c1-26-25(30-13-10-20-15-22(31-2)23(32-3)16-21(20)18-30)28-11-9-24-27-12-14-29(24)17-19-7-5-4-6-8-19;/h4-8,12,14-16H,9-11,13,17-18H2,1-3H3,(H,26,28);1H. The van der Waals surface area contributed by atoms with Gasteiger partial charge in [0.15, 0.2) is 17.5 Å². The predicted molar refractivity (Wildman–Crippen MR) is 142 cm³/mol. The number of guanidine groups is 1. The van der Waals surface area contributed by atoms with Crippen LogP contribution in [0.15, 0.2) is 59.9 Å². The van der Waals surface area contributed by atoms with E-state index in [9.17, 15) is 0 Å². The number of aromatic nitrogens is 2. The molecule has 1 aromatic heterocycles. The number of methoxy groups -OCH3 is 2. The maximum Gasteiger partial charge on any atom is 0.193 e. The van der Waals surface area contributed by atoms with E-state index in [0.29, 0.717) is 0 Å². The van der Waals surface area contributed by atoms with Crippen molar-refractivity contribution in [3.63, 3.8) is 0 Å². The van der Waals surface area contributed by atoms with E-state index >= 15 is 0 Å². The molecular formula is C25H32IN5O2. The number of benzene rings is 2. The molecule has 0 spiro atoms. The fourth-order valence-corrected chi connectivity index (χ4v) is 4.17. The Morgan fingerprint density at radius 3 is 2.52 bits per heavy atom. The summed E-state index contributed by atoms with van der Waals surface area (Å²) >= 11 is 0. The Labute approximate surface area is 212 Å². The first kappa shape index (κ1) is 24.9. The zero-order chi connectivity index (χ0) is 22.3. The second kappa shape index (κ2) is 11.9. The molecule has 0 atom stereocenters. The van der Waals surface area contributed by atoms with Crippen molar-refractivity contribution >= 4 is 29.9 Å². The van der Waals surface area contributed by atoms with Crippen LogP contribution >= 0.6 is 24.0 Å². The number of hydrogen-bond acceptors (Lipinski definition) is 4. The highest BCUT2D eigenvalue weighted by atomic mass is 127. The number of nitrogens with one attached hydrogen (secondary N) is 1. The monoisotopic (exact) mass is 561 g/mol. The molecule has 1 N–H and O–H groups in total. The lowest BCUT2D eigenvalue weighted by Crippen LogP contribution is -2.44. The molecule has 7 nitrogen and oxygen atoms in total. The molecule has 0 amide bonds. The Morgan fingerprint density at radius 2 is 1.82 bits per heavy atom. The van der Waals surface area contributed by atoms with Gasteiger partial charge in [-0.3, -0.25) is 4.99 Å². The maximum absolute atomic E-state index is 5.49. The van der Waals surface area contributed by atoms with Crippen LogP contribution in [0.4, 0.5) is 0 Å². The molecule has 0 bridgehead atoms. The highest BCUT2D eigenvalue weighted by Crippen LogP contribution is 2.33. The van der Waals surface area contributed by atoms with Crippen LogP contribution < -0.4 is 14.8 Å². The van der Waals surface area contributed by atoms with Gasteiger partial charge in [0, 0.05) is 52.0 Å². The third-order valence-corrected chi connectivity index (χ3v) is 5.86. The van der Waals surface area contributed by atoms with E-state index < -0.39 is 0 Å². The normalized spacial score (nSPS) is 13.2. The fraction of sp³-hybridized carbons (Fsp3) is 0.360. The van der Waals surface area contributed by atoms with E-state index in [-0.39, 0.29) is 24.0 Å². The minimum absolute atomic E-state index is 0. The molecule has 176 valence electrons. The van der Waals surface area contributed by atoms with Gasteiger partial charge in [-0.1, -0.05) is 30.3 Å². The van der Waals surface area contributed by atoms with E-state index in [1.807, 2.05) is 25.5 Å². The fourth-order valence-electron chi connectivity index (χ4n) is 4.17. The van der Waals surface area contributed by atoms with Gasteiger partial charge in [0.05, 0.1) is 14.2 Å². The molecule has 0 unspecified atom stereocenters. The molecule has 0 saturated heterocycles. The number of hydrogen-bond donors (Lipinski definition) is 1. The molecule has 3 aromatic rings. The van der Waals surface area contributed by atoms with Gasteiger partial charge in [-0.25, -0.2) is 4.98 Å². The average Bonchev–Trinajstić information content (AvgIpc) is 3.27. The van der Waals surface area contributed by atoms with Crippen molar-refractivity contribution < 1.29 is 9.47 Å². The summed E-state index contributed by atoms with van der Waals surface area (Å²) in [6.45, 7) is 3.30. The molecule has 2 aromatic carbocycles. The molecule has 2 heterocycles. The lowest BCUT2D eigenvalue weighted by atomic mass is 9.99. The van der Waals surface area contributed by atoms with Gasteiger partial charge in [0.25, 0.3) is 0 Å². The van der Waals surface area contributed by atoms with Crippen LogP contribution in [0.5, 0.6) is 11.5 Å². The van der Waals surface area contributed by atoms with Crippen LogP contribution in [0.1, 0.15) is 22.5 Å². The lowest BCUT2D eigenvalue weighted by molar-refractivity contribution is 0.346. The van der Waals surface area contributed by atoms with Gasteiger partial charge in [-0.15, -0.1) is 24.0 Å². The minimum Gasteiger partial charge on any atom is -0.493 e. The number of fused-ring (bicyclic) bond motifs is 1. The first-order chi connectivity index (χ1) is 15.7. The summed E-state index contributed by atoms with van der Waals surface area (Å²) in [4.78, 5) is 11.4. The predicted octanol–water partition coefficient (Wildman–Crippen LogP) is 3.74. The Bertz CT molecular complexity index is 1070. The Hall–Kier alpha value is -2.75. The van der Waals surface area contributed by atoms with Crippen LogP contribution in [0.2, 0.25) is 0 Å². The van der Waals surface area contributed by atoms with Gasteiger partial charge in [0.1, 0.15) is 5.82 Å². The maximum atomic E-state index is 5.49. The van der Waals surface area contributed by atoms with E-state index in [1.54, 1.807) is 14.2 Å². The zero-order valence-electron chi connectivity index (χ0n) is 19.5. The average molecular weight is 561 g/mol. The third-order valence-electron chi connectivity index (χ3n) is 5.86. The highest BCUT2D eigenvalue weighted by molar-refractivity contribution is 14.0.